The number of anilines is 1. The molecular weight excluding hydrogens is 386 g/mol. The molecule has 31 heavy (non-hydrogen) atoms. The average Bonchev–Trinajstić information content (AvgIpc) is 3.14. The summed E-state index contributed by atoms with van der Waals surface area (Å²) < 4.78 is 2.32. The Morgan fingerprint density at radius 3 is 2.65 bits per heavy atom. The third-order valence-corrected chi connectivity index (χ3v) is 5.53. The molecule has 4 aromatic rings. The van der Waals surface area contributed by atoms with Crippen molar-refractivity contribution in [2.45, 2.75) is 46.1 Å². The van der Waals surface area contributed by atoms with Gasteiger partial charge >= 0.3 is 0 Å². The van der Waals surface area contributed by atoms with Gasteiger partial charge in [-0.05, 0) is 43.4 Å². The number of fused-ring (bicyclic) bond motifs is 3. The summed E-state index contributed by atoms with van der Waals surface area (Å²) in [6.07, 6.45) is 3.75. The Morgan fingerprint density at radius 2 is 1.90 bits per heavy atom. The van der Waals surface area contributed by atoms with Crippen LogP contribution in [0.1, 0.15) is 38.9 Å². The number of rotatable bonds is 8. The number of nitrogen functional groups attached to an aromatic ring is 1. The highest BCUT2D eigenvalue weighted by Crippen LogP contribution is 2.32. The van der Waals surface area contributed by atoms with Crippen molar-refractivity contribution in [3.8, 4) is 11.1 Å². The fourth-order valence-corrected chi connectivity index (χ4v) is 4.12. The number of aromatic nitrogens is 3. The quantitative estimate of drug-likeness (QED) is 0.301. The van der Waals surface area contributed by atoms with E-state index in [0.29, 0.717) is 5.82 Å². The fraction of sp³-hybridized carbons (Fsp3) is 0.320. The number of aryl methyl sites for hydroxylation is 2. The molecule has 160 valence electrons. The minimum atomic E-state index is 0.487. The predicted octanol–water partition coefficient (Wildman–Crippen LogP) is 5.59. The lowest BCUT2D eigenvalue weighted by Crippen LogP contribution is -2.06. The van der Waals surface area contributed by atoms with E-state index >= 15 is 0 Å². The van der Waals surface area contributed by atoms with Crippen molar-refractivity contribution in [3.63, 3.8) is 0 Å². The molecule has 4 rings (SSSR count). The van der Waals surface area contributed by atoms with E-state index in [0.717, 1.165) is 76.8 Å². The van der Waals surface area contributed by atoms with Gasteiger partial charge in [0.25, 0.3) is 0 Å². The molecule has 6 nitrogen and oxygen atoms in total. The predicted molar refractivity (Wildman–Crippen MR) is 128 cm³/mol. The molecule has 0 unspecified atom stereocenters. The van der Waals surface area contributed by atoms with E-state index in [1.807, 2.05) is 25.1 Å². The van der Waals surface area contributed by atoms with Crippen LogP contribution in [0.5, 0.6) is 0 Å². The van der Waals surface area contributed by atoms with Crippen LogP contribution in [0.3, 0.4) is 0 Å². The van der Waals surface area contributed by atoms with Crippen LogP contribution < -0.4 is 5.73 Å². The molecular formula is C25H29N5O. The third kappa shape index (κ3) is 4.24. The SMILES string of the molecule is CCCc1nc2c(N)nc3cc(-c4ccccc4)ccc3c2n1CCCC(C)=NOC. The van der Waals surface area contributed by atoms with E-state index in [1.54, 1.807) is 7.11 Å². The molecule has 0 bridgehead atoms. The van der Waals surface area contributed by atoms with Gasteiger partial charge < -0.3 is 15.1 Å². The summed E-state index contributed by atoms with van der Waals surface area (Å²) in [5.41, 5.74) is 12.4. The number of hydrogen-bond acceptors (Lipinski definition) is 5. The first-order valence-electron chi connectivity index (χ1n) is 10.8. The van der Waals surface area contributed by atoms with E-state index < -0.39 is 0 Å². The van der Waals surface area contributed by atoms with Gasteiger partial charge in [0.1, 0.15) is 18.5 Å². The lowest BCUT2D eigenvalue weighted by molar-refractivity contribution is 0.212. The topological polar surface area (TPSA) is 78.3 Å². The molecule has 0 radical (unpaired) electrons. The van der Waals surface area contributed by atoms with E-state index in [4.69, 9.17) is 20.5 Å². The van der Waals surface area contributed by atoms with Crippen molar-refractivity contribution in [1.29, 1.82) is 0 Å². The maximum Gasteiger partial charge on any atom is 0.152 e. The molecule has 0 aliphatic heterocycles. The monoisotopic (exact) mass is 415 g/mol. The van der Waals surface area contributed by atoms with Crippen molar-refractivity contribution in [2.75, 3.05) is 12.8 Å². The van der Waals surface area contributed by atoms with Gasteiger partial charge in [-0.2, -0.15) is 0 Å². The number of pyridine rings is 1. The lowest BCUT2D eigenvalue weighted by Gasteiger charge is -2.11. The van der Waals surface area contributed by atoms with Gasteiger partial charge in [-0.25, -0.2) is 9.97 Å². The van der Waals surface area contributed by atoms with Crippen LogP contribution in [0.4, 0.5) is 5.82 Å². The molecule has 0 saturated carbocycles. The zero-order valence-electron chi connectivity index (χ0n) is 18.4. The largest absolute Gasteiger partial charge is 0.399 e. The molecule has 0 amide bonds. The van der Waals surface area contributed by atoms with Crippen LogP contribution in [-0.2, 0) is 17.8 Å². The summed E-state index contributed by atoms with van der Waals surface area (Å²) in [5, 5.41) is 5.11. The second-order valence-corrected chi connectivity index (χ2v) is 7.83. The van der Waals surface area contributed by atoms with Gasteiger partial charge in [0.05, 0.1) is 16.7 Å². The van der Waals surface area contributed by atoms with E-state index in [1.165, 1.54) is 0 Å². The summed E-state index contributed by atoms with van der Waals surface area (Å²) >= 11 is 0. The van der Waals surface area contributed by atoms with Crippen LogP contribution in [0.15, 0.2) is 53.7 Å². The maximum absolute atomic E-state index is 6.38. The molecule has 2 N–H and O–H groups in total. The highest BCUT2D eigenvalue weighted by atomic mass is 16.6. The minimum Gasteiger partial charge on any atom is -0.399 e. The Kier molecular flexibility index (Phi) is 6.16. The Balaban J connectivity index is 1.82. The molecule has 0 aliphatic carbocycles. The molecule has 6 heteroatoms. The van der Waals surface area contributed by atoms with Crippen molar-refractivity contribution in [2.24, 2.45) is 5.16 Å². The highest BCUT2D eigenvalue weighted by Gasteiger charge is 2.17. The van der Waals surface area contributed by atoms with Crippen molar-refractivity contribution in [3.05, 3.63) is 54.4 Å². The summed E-state index contributed by atoms with van der Waals surface area (Å²) in [7, 11) is 1.58. The summed E-state index contributed by atoms with van der Waals surface area (Å²) in [6.45, 7) is 5.01. The van der Waals surface area contributed by atoms with Crippen LogP contribution in [0.2, 0.25) is 0 Å². The Hall–Kier alpha value is -3.41. The number of oxime groups is 1. The number of nitrogens with two attached hydrogens (primary N) is 1. The molecule has 2 heterocycles. The van der Waals surface area contributed by atoms with Gasteiger partial charge in [-0.3, -0.25) is 0 Å². The first-order chi connectivity index (χ1) is 15.1. The van der Waals surface area contributed by atoms with Gasteiger partial charge in [0, 0.05) is 18.4 Å². The number of imidazole rings is 1. The normalized spacial score (nSPS) is 12.0. The fourth-order valence-electron chi connectivity index (χ4n) is 4.12. The Labute approximate surface area is 182 Å². The van der Waals surface area contributed by atoms with E-state index in [-0.39, 0.29) is 0 Å². The number of benzene rings is 2. The Morgan fingerprint density at radius 1 is 1.10 bits per heavy atom. The van der Waals surface area contributed by atoms with Crippen LogP contribution in [-0.4, -0.2) is 27.4 Å². The zero-order chi connectivity index (χ0) is 21.8. The van der Waals surface area contributed by atoms with Gasteiger partial charge in [0.2, 0.25) is 0 Å². The summed E-state index contributed by atoms with van der Waals surface area (Å²) in [6, 6.07) is 16.8. The standard InChI is InChI=1S/C25H29N5O/c1-4-9-22-28-23-24(30(22)15-8-10-17(2)29-31-3)20-14-13-19(16-21(20)27-25(23)26)18-11-6-5-7-12-18/h5-7,11-14,16H,4,8-10,15H2,1-3H3,(H2,26,27). The minimum absolute atomic E-state index is 0.487. The van der Waals surface area contributed by atoms with Crippen LogP contribution in [0, 0.1) is 0 Å². The molecule has 0 fully saturated rings. The third-order valence-electron chi connectivity index (χ3n) is 5.53. The van der Waals surface area contributed by atoms with E-state index in [9.17, 15) is 0 Å². The first-order valence-corrected chi connectivity index (χ1v) is 10.8. The van der Waals surface area contributed by atoms with E-state index in [2.05, 4.69) is 47.0 Å². The lowest BCUT2D eigenvalue weighted by atomic mass is 10.0. The molecule has 0 atom stereocenters. The average molecular weight is 416 g/mol. The second kappa shape index (κ2) is 9.16. The van der Waals surface area contributed by atoms with Crippen molar-refractivity contribution >= 4 is 33.5 Å². The van der Waals surface area contributed by atoms with Gasteiger partial charge in [-0.1, -0.05) is 54.5 Å². The first kappa shape index (κ1) is 20.8. The maximum atomic E-state index is 6.38. The smallest absolute Gasteiger partial charge is 0.152 e. The van der Waals surface area contributed by atoms with Crippen LogP contribution in [0.25, 0.3) is 33.1 Å². The zero-order valence-corrected chi connectivity index (χ0v) is 18.4. The summed E-state index contributed by atoms with van der Waals surface area (Å²) in [5.74, 6) is 1.55. The molecule has 0 saturated heterocycles. The van der Waals surface area contributed by atoms with Gasteiger partial charge in [0.15, 0.2) is 5.82 Å². The van der Waals surface area contributed by atoms with Crippen LogP contribution >= 0.6 is 0 Å². The summed E-state index contributed by atoms with van der Waals surface area (Å²) in [4.78, 5) is 14.5. The number of hydrogen-bond donors (Lipinski definition) is 1. The van der Waals surface area contributed by atoms with Crippen molar-refractivity contribution < 1.29 is 4.84 Å². The molecule has 0 aliphatic rings. The molecule has 0 spiro atoms. The van der Waals surface area contributed by atoms with Gasteiger partial charge in [-0.15, -0.1) is 0 Å². The molecule has 2 aromatic carbocycles. The second-order valence-electron chi connectivity index (χ2n) is 7.83. The Bertz CT molecular complexity index is 1230. The number of nitrogens with zero attached hydrogens (tertiary/aromatic N) is 4. The molecule has 2 aromatic heterocycles. The van der Waals surface area contributed by atoms with Crippen molar-refractivity contribution in [1.82, 2.24) is 14.5 Å². The highest BCUT2D eigenvalue weighted by molar-refractivity contribution is 6.07.